The van der Waals surface area contributed by atoms with Crippen molar-refractivity contribution in [1.82, 2.24) is 5.32 Å². The van der Waals surface area contributed by atoms with Crippen LogP contribution in [0.4, 0.5) is 0 Å². The van der Waals surface area contributed by atoms with Crippen LogP contribution in [0.2, 0.25) is 0 Å². The summed E-state index contributed by atoms with van der Waals surface area (Å²) in [5.74, 6) is -0.228. The van der Waals surface area contributed by atoms with Gasteiger partial charge in [0.25, 0.3) is 0 Å². The van der Waals surface area contributed by atoms with E-state index in [1.165, 1.54) is 12.0 Å². The molecule has 1 aromatic heterocycles. The second-order valence-electron chi connectivity index (χ2n) is 2.96. The molecule has 3 nitrogen and oxygen atoms in total. The predicted molar refractivity (Wildman–Crippen MR) is 57.5 cm³/mol. The smallest absolute Gasteiger partial charge is 0.328 e. The molecule has 0 aliphatic heterocycles. The molecular formula is C10H15NO2S. The minimum absolute atomic E-state index is 0.228. The minimum atomic E-state index is -0.316. The van der Waals surface area contributed by atoms with E-state index in [4.69, 9.17) is 4.74 Å². The van der Waals surface area contributed by atoms with Crippen LogP contribution in [0, 0.1) is 6.92 Å². The lowest BCUT2D eigenvalue weighted by atomic mass is 10.2. The molecule has 0 amide bonds. The third kappa shape index (κ3) is 2.56. The molecule has 0 saturated carbocycles. The van der Waals surface area contributed by atoms with Crippen LogP contribution in [0.15, 0.2) is 12.1 Å². The Morgan fingerprint density at radius 3 is 2.79 bits per heavy atom. The number of carbonyl (C=O) groups excluding carboxylic acids is 1. The Labute approximate surface area is 88.1 Å². The van der Waals surface area contributed by atoms with E-state index < -0.39 is 0 Å². The monoisotopic (exact) mass is 213 g/mol. The van der Waals surface area contributed by atoms with Gasteiger partial charge < -0.3 is 10.1 Å². The Morgan fingerprint density at radius 2 is 2.36 bits per heavy atom. The molecular weight excluding hydrogens is 198 g/mol. The van der Waals surface area contributed by atoms with Gasteiger partial charge in [-0.25, -0.2) is 4.79 Å². The Morgan fingerprint density at radius 1 is 1.64 bits per heavy atom. The molecule has 0 radical (unpaired) electrons. The number of esters is 1. The molecule has 1 unspecified atom stereocenters. The second-order valence-corrected chi connectivity index (χ2v) is 4.28. The summed E-state index contributed by atoms with van der Waals surface area (Å²) in [7, 11) is 1.41. The average molecular weight is 213 g/mol. The van der Waals surface area contributed by atoms with Crippen LogP contribution in [0.25, 0.3) is 0 Å². The summed E-state index contributed by atoms with van der Waals surface area (Å²) in [6.07, 6.45) is 0. The Bertz CT molecular complexity index is 309. The largest absolute Gasteiger partial charge is 0.468 e. The maximum absolute atomic E-state index is 11.4. The average Bonchev–Trinajstić information content (AvgIpc) is 2.60. The first kappa shape index (κ1) is 11.2. The minimum Gasteiger partial charge on any atom is -0.468 e. The van der Waals surface area contributed by atoms with Gasteiger partial charge in [-0.1, -0.05) is 6.92 Å². The standard InChI is InChI=1S/C10H15NO2S/c1-4-11-9(10(12)13-3)8-6-5-7(2)14-8/h5-6,9,11H,4H2,1-3H3. The lowest BCUT2D eigenvalue weighted by Crippen LogP contribution is -2.28. The van der Waals surface area contributed by atoms with Crippen LogP contribution in [0.3, 0.4) is 0 Å². The molecule has 0 spiro atoms. The van der Waals surface area contributed by atoms with Gasteiger partial charge in [-0.3, -0.25) is 0 Å². The van der Waals surface area contributed by atoms with Crippen molar-refractivity contribution in [1.29, 1.82) is 0 Å². The number of rotatable bonds is 4. The van der Waals surface area contributed by atoms with Crippen molar-refractivity contribution in [2.45, 2.75) is 19.9 Å². The van der Waals surface area contributed by atoms with Gasteiger partial charge in [0.05, 0.1) is 7.11 Å². The van der Waals surface area contributed by atoms with Crippen molar-refractivity contribution in [3.05, 3.63) is 21.9 Å². The third-order valence-electron chi connectivity index (χ3n) is 1.89. The van der Waals surface area contributed by atoms with Gasteiger partial charge >= 0.3 is 5.97 Å². The summed E-state index contributed by atoms with van der Waals surface area (Å²) in [5, 5.41) is 3.10. The van der Waals surface area contributed by atoms with Crippen molar-refractivity contribution in [3.63, 3.8) is 0 Å². The molecule has 0 bridgehead atoms. The second kappa shape index (κ2) is 5.12. The molecule has 4 heteroatoms. The zero-order chi connectivity index (χ0) is 10.6. The first-order chi connectivity index (χ1) is 6.69. The van der Waals surface area contributed by atoms with Gasteiger partial charge in [0.1, 0.15) is 6.04 Å². The Hall–Kier alpha value is -0.870. The van der Waals surface area contributed by atoms with Crippen LogP contribution >= 0.6 is 11.3 Å². The number of likely N-dealkylation sites (N-methyl/N-ethyl adjacent to an activating group) is 1. The summed E-state index contributed by atoms with van der Waals surface area (Å²) in [5.41, 5.74) is 0. The number of nitrogens with one attached hydrogen (secondary N) is 1. The van der Waals surface area contributed by atoms with Crippen molar-refractivity contribution < 1.29 is 9.53 Å². The normalized spacial score (nSPS) is 12.5. The summed E-state index contributed by atoms with van der Waals surface area (Å²) in [6.45, 7) is 4.74. The van der Waals surface area contributed by atoms with Crippen molar-refractivity contribution in [2.24, 2.45) is 0 Å². The number of hydrogen-bond acceptors (Lipinski definition) is 4. The number of aryl methyl sites for hydroxylation is 1. The molecule has 0 aromatic carbocycles. The summed E-state index contributed by atoms with van der Waals surface area (Å²) in [6, 6.07) is 3.65. The molecule has 1 atom stereocenters. The van der Waals surface area contributed by atoms with Crippen molar-refractivity contribution >= 4 is 17.3 Å². The number of carbonyl (C=O) groups is 1. The number of thiophene rings is 1. The van der Waals surface area contributed by atoms with Gasteiger partial charge in [-0.05, 0) is 25.6 Å². The SMILES string of the molecule is CCNC(C(=O)OC)c1ccc(C)s1. The van der Waals surface area contributed by atoms with E-state index in [0.29, 0.717) is 0 Å². The van der Waals surface area contributed by atoms with Gasteiger partial charge in [-0.15, -0.1) is 11.3 Å². The first-order valence-electron chi connectivity index (χ1n) is 4.56. The Kier molecular flexibility index (Phi) is 4.10. The van der Waals surface area contributed by atoms with E-state index in [0.717, 1.165) is 11.4 Å². The van der Waals surface area contributed by atoms with E-state index in [9.17, 15) is 4.79 Å². The highest BCUT2D eigenvalue weighted by atomic mass is 32.1. The van der Waals surface area contributed by atoms with Gasteiger partial charge in [0.15, 0.2) is 0 Å². The third-order valence-corrected chi connectivity index (χ3v) is 2.96. The van der Waals surface area contributed by atoms with Crippen LogP contribution in [-0.2, 0) is 9.53 Å². The highest BCUT2D eigenvalue weighted by molar-refractivity contribution is 7.12. The van der Waals surface area contributed by atoms with E-state index >= 15 is 0 Å². The molecule has 0 fully saturated rings. The number of ether oxygens (including phenoxy) is 1. The topological polar surface area (TPSA) is 38.3 Å². The molecule has 1 rings (SSSR count). The zero-order valence-electron chi connectivity index (χ0n) is 8.66. The molecule has 78 valence electrons. The van der Waals surface area contributed by atoms with Crippen molar-refractivity contribution in [2.75, 3.05) is 13.7 Å². The van der Waals surface area contributed by atoms with Crippen LogP contribution in [0.5, 0.6) is 0 Å². The van der Waals surface area contributed by atoms with E-state index in [-0.39, 0.29) is 12.0 Å². The maximum Gasteiger partial charge on any atom is 0.328 e. The number of methoxy groups -OCH3 is 1. The fraction of sp³-hybridized carbons (Fsp3) is 0.500. The molecule has 1 aromatic rings. The lowest BCUT2D eigenvalue weighted by molar-refractivity contribution is -0.143. The molecule has 1 heterocycles. The summed E-state index contributed by atoms with van der Waals surface area (Å²) < 4.78 is 4.73. The predicted octanol–water partition coefficient (Wildman–Crippen LogP) is 1.88. The van der Waals surface area contributed by atoms with Gasteiger partial charge in [0.2, 0.25) is 0 Å². The van der Waals surface area contributed by atoms with E-state index in [2.05, 4.69) is 5.32 Å². The first-order valence-corrected chi connectivity index (χ1v) is 5.38. The van der Waals surface area contributed by atoms with Crippen molar-refractivity contribution in [3.8, 4) is 0 Å². The fourth-order valence-electron chi connectivity index (χ4n) is 1.23. The van der Waals surface area contributed by atoms with Crippen LogP contribution < -0.4 is 5.32 Å². The van der Waals surface area contributed by atoms with E-state index in [1.54, 1.807) is 11.3 Å². The van der Waals surface area contributed by atoms with Crippen LogP contribution in [-0.4, -0.2) is 19.6 Å². The molecule has 0 saturated heterocycles. The highest BCUT2D eigenvalue weighted by Gasteiger charge is 2.21. The molecule has 0 aliphatic carbocycles. The quantitative estimate of drug-likeness (QED) is 0.776. The summed E-state index contributed by atoms with van der Waals surface area (Å²) >= 11 is 1.62. The molecule has 14 heavy (non-hydrogen) atoms. The van der Waals surface area contributed by atoms with Crippen LogP contribution in [0.1, 0.15) is 22.7 Å². The Balaban J connectivity index is 2.82. The number of hydrogen-bond donors (Lipinski definition) is 1. The fourth-order valence-corrected chi connectivity index (χ4v) is 2.17. The van der Waals surface area contributed by atoms with Gasteiger partial charge in [0, 0.05) is 9.75 Å². The lowest BCUT2D eigenvalue weighted by Gasteiger charge is -2.13. The molecule has 0 aliphatic rings. The molecule has 1 N–H and O–H groups in total. The van der Waals surface area contributed by atoms with Gasteiger partial charge in [-0.2, -0.15) is 0 Å². The maximum atomic E-state index is 11.4. The van der Waals surface area contributed by atoms with E-state index in [1.807, 2.05) is 26.0 Å². The zero-order valence-corrected chi connectivity index (χ0v) is 9.48. The summed E-state index contributed by atoms with van der Waals surface area (Å²) in [4.78, 5) is 13.6. The highest BCUT2D eigenvalue weighted by Crippen LogP contribution is 2.23.